The van der Waals surface area contributed by atoms with E-state index in [-0.39, 0.29) is 11.5 Å². The molecule has 2 rings (SSSR count). The van der Waals surface area contributed by atoms with Crippen molar-refractivity contribution in [3.8, 4) is 0 Å². The van der Waals surface area contributed by atoms with E-state index in [9.17, 15) is 0 Å². The predicted octanol–water partition coefficient (Wildman–Crippen LogP) is 5.47. The van der Waals surface area contributed by atoms with Crippen molar-refractivity contribution in [2.45, 2.75) is 84.1 Å². The van der Waals surface area contributed by atoms with Crippen LogP contribution >= 0.6 is 0 Å². The molecular weight excluding hydrogens is 254 g/mol. The Morgan fingerprint density at radius 2 is 1.52 bits per heavy atom. The first-order valence-electron chi connectivity index (χ1n) is 8.54. The Hall–Kier alpha value is -0.820. The molecule has 2 N–H and O–H groups in total. The third-order valence-electron chi connectivity index (χ3n) is 5.36. The van der Waals surface area contributed by atoms with Crippen LogP contribution in [0.5, 0.6) is 0 Å². The molecule has 1 aliphatic carbocycles. The average Bonchev–Trinajstić information content (AvgIpc) is 2.41. The van der Waals surface area contributed by atoms with Gasteiger partial charge >= 0.3 is 0 Å². The molecule has 0 bridgehead atoms. The van der Waals surface area contributed by atoms with Crippen molar-refractivity contribution in [1.29, 1.82) is 0 Å². The van der Waals surface area contributed by atoms with Gasteiger partial charge in [-0.3, -0.25) is 0 Å². The van der Waals surface area contributed by atoms with E-state index in [2.05, 4.69) is 59.7 Å². The first-order valence-corrected chi connectivity index (χ1v) is 8.54. The van der Waals surface area contributed by atoms with Crippen LogP contribution in [-0.2, 0) is 10.8 Å². The Morgan fingerprint density at radius 3 is 2.10 bits per heavy atom. The summed E-state index contributed by atoms with van der Waals surface area (Å²) in [6, 6.07) is 7.20. The molecule has 1 aromatic rings. The largest absolute Gasteiger partial charge is 0.324 e. The van der Waals surface area contributed by atoms with Gasteiger partial charge in [0.15, 0.2) is 0 Å². The second-order valence-electron chi connectivity index (χ2n) is 8.65. The van der Waals surface area contributed by atoms with Gasteiger partial charge in [0.1, 0.15) is 0 Å². The molecule has 1 heteroatoms. The number of hydrogen-bond acceptors (Lipinski definition) is 1. The maximum Gasteiger partial charge on any atom is 0.0295 e. The lowest BCUT2D eigenvalue weighted by molar-refractivity contribution is 0.331. The monoisotopic (exact) mass is 287 g/mol. The highest BCUT2D eigenvalue weighted by Gasteiger charge is 2.37. The zero-order chi connectivity index (χ0) is 15.8. The van der Waals surface area contributed by atoms with Gasteiger partial charge in [-0.25, -0.2) is 0 Å². The summed E-state index contributed by atoms with van der Waals surface area (Å²) >= 11 is 0. The van der Waals surface area contributed by atoms with Crippen LogP contribution < -0.4 is 5.73 Å². The quantitative estimate of drug-likeness (QED) is 0.780. The molecule has 21 heavy (non-hydrogen) atoms. The third-order valence-corrected chi connectivity index (χ3v) is 5.36. The van der Waals surface area contributed by atoms with E-state index < -0.39 is 0 Å². The number of fused-ring (bicyclic) bond motifs is 1. The van der Waals surface area contributed by atoms with Crippen molar-refractivity contribution < 1.29 is 0 Å². The Morgan fingerprint density at radius 1 is 0.952 bits per heavy atom. The number of benzene rings is 1. The first-order chi connectivity index (χ1) is 9.63. The highest BCUT2D eigenvalue weighted by Crippen LogP contribution is 2.46. The molecule has 1 atom stereocenters. The lowest BCUT2D eigenvalue weighted by Gasteiger charge is -2.42. The number of hydrogen-bond donors (Lipinski definition) is 1. The van der Waals surface area contributed by atoms with Crippen molar-refractivity contribution in [3.05, 3.63) is 34.9 Å². The van der Waals surface area contributed by atoms with E-state index >= 15 is 0 Å². The van der Waals surface area contributed by atoms with E-state index in [0.29, 0.717) is 5.41 Å². The second kappa shape index (κ2) is 5.76. The molecule has 1 unspecified atom stereocenters. The van der Waals surface area contributed by atoms with Crippen LogP contribution in [-0.4, -0.2) is 0 Å². The Balaban J connectivity index is 2.33. The summed E-state index contributed by atoms with van der Waals surface area (Å²) < 4.78 is 0. The zero-order valence-electron chi connectivity index (χ0n) is 14.8. The van der Waals surface area contributed by atoms with E-state index in [1.54, 1.807) is 0 Å². The second-order valence-corrected chi connectivity index (χ2v) is 8.65. The highest BCUT2D eigenvalue weighted by molar-refractivity contribution is 5.44. The van der Waals surface area contributed by atoms with E-state index in [1.165, 1.54) is 36.0 Å². The van der Waals surface area contributed by atoms with Gasteiger partial charge in [0.25, 0.3) is 0 Å². The Kier molecular flexibility index (Phi) is 4.54. The van der Waals surface area contributed by atoms with Gasteiger partial charge in [0.05, 0.1) is 0 Å². The molecule has 0 amide bonds. The molecule has 1 aliphatic rings. The maximum atomic E-state index is 6.43. The lowest BCUT2D eigenvalue weighted by atomic mass is 9.63. The fraction of sp³-hybridized carbons (Fsp3) is 0.700. The fourth-order valence-corrected chi connectivity index (χ4v) is 3.52. The smallest absolute Gasteiger partial charge is 0.0295 e. The topological polar surface area (TPSA) is 26.0 Å². The first kappa shape index (κ1) is 16.5. The average molecular weight is 287 g/mol. The summed E-state index contributed by atoms with van der Waals surface area (Å²) in [4.78, 5) is 0. The van der Waals surface area contributed by atoms with Gasteiger partial charge in [-0.1, -0.05) is 59.7 Å². The van der Waals surface area contributed by atoms with Crippen LogP contribution in [0.1, 0.15) is 90.0 Å². The summed E-state index contributed by atoms with van der Waals surface area (Å²) in [5.74, 6) is 0.726. The molecule has 0 heterocycles. The van der Waals surface area contributed by atoms with Gasteiger partial charge < -0.3 is 5.73 Å². The minimum atomic E-state index is 0.179. The molecule has 1 aromatic carbocycles. The van der Waals surface area contributed by atoms with Crippen molar-refractivity contribution in [3.63, 3.8) is 0 Å². The molecule has 1 nitrogen and oxygen atoms in total. The summed E-state index contributed by atoms with van der Waals surface area (Å²) in [7, 11) is 0. The number of rotatable bonds is 4. The minimum Gasteiger partial charge on any atom is -0.324 e. The summed E-state index contributed by atoms with van der Waals surface area (Å²) in [6.45, 7) is 14.0. The van der Waals surface area contributed by atoms with Gasteiger partial charge in [-0.05, 0) is 59.1 Å². The third kappa shape index (κ3) is 3.51. The highest BCUT2D eigenvalue weighted by atomic mass is 14.6. The number of nitrogens with two attached hydrogens (primary N) is 1. The SMILES string of the molecule is CC(C)CCC(N)c1ccc2c(c1)C(C)(C)CCC2(C)C. The normalized spacial score (nSPS) is 21.1. The van der Waals surface area contributed by atoms with Crippen LogP contribution in [0.2, 0.25) is 0 Å². The van der Waals surface area contributed by atoms with Gasteiger partial charge in [0, 0.05) is 6.04 Å². The molecule has 0 saturated carbocycles. The Labute approximate surface area is 131 Å². The van der Waals surface area contributed by atoms with Crippen LogP contribution in [0.15, 0.2) is 18.2 Å². The van der Waals surface area contributed by atoms with Crippen LogP contribution in [0, 0.1) is 5.92 Å². The molecule has 0 fully saturated rings. The van der Waals surface area contributed by atoms with Gasteiger partial charge in [-0.2, -0.15) is 0 Å². The van der Waals surface area contributed by atoms with Crippen LogP contribution in [0.4, 0.5) is 0 Å². The fourth-order valence-electron chi connectivity index (χ4n) is 3.52. The molecule has 0 saturated heterocycles. The van der Waals surface area contributed by atoms with Crippen molar-refractivity contribution in [2.24, 2.45) is 11.7 Å². The van der Waals surface area contributed by atoms with E-state index in [1.807, 2.05) is 0 Å². The van der Waals surface area contributed by atoms with E-state index in [4.69, 9.17) is 5.73 Å². The lowest BCUT2D eigenvalue weighted by Crippen LogP contribution is -2.34. The molecule has 0 aromatic heterocycles. The van der Waals surface area contributed by atoms with Crippen LogP contribution in [0.25, 0.3) is 0 Å². The molecule has 0 aliphatic heterocycles. The van der Waals surface area contributed by atoms with Crippen molar-refractivity contribution in [2.75, 3.05) is 0 Å². The minimum absolute atomic E-state index is 0.179. The maximum absolute atomic E-state index is 6.43. The van der Waals surface area contributed by atoms with Gasteiger partial charge in [0.2, 0.25) is 0 Å². The van der Waals surface area contributed by atoms with E-state index in [0.717, 1.165) is 12.3 Å². The molecule has 118 valence electrons. The molecular formula is C20H33N. The Bertz CT molecular complexity index is 497. The molecule has 0 spiro atoms. The summed E-state index contributed by atoms with van der Waals surface area (Å²) in [5, 5.41) is 0. The molecule has 0 radical (unpaired) electrons. The summed E-state index contributed by atoms with van der Waals surface area (Å²) in [5.41, 5.74) is 11.4. The van der Waals surface area contributed by atoms with Crippen molar-refractivity contribution >= 4 is 0 Å². The zero-order valence-corrected chi connectivity index (χ0v) is 14.8. The van der Waals surface area contributed by atoms with Crippen LogP contribution in [0.3, 0.4) is 0 Å². The van der Waals surface area contributed by atoms with Crippen molar-refractivity contribution in [1.82, 2.24) is 0 Å². The summed E-state index contributed by atoms with van der Waals surface area (Å²) in [6.07, 6.45) is 4.82. The standard InChI is InChI=1S/C20H33N/c1-14(2)7-10-18(21)15-8-9-16-17(13-15)20(5,6)12-11-19(16,3)4/h8-9,13-14,18H,7,10-12,21H2,1-6H3. The van der Waals surface area contributed by atoms with Gasteiger partial charge in [-0.15, -0.1) is 0 Å². The predicted molar refractivity (Wildman–Crippen MR) is 92.7 cm³/mol.